The lowest BCUT2D eigenvalue weighted by Gasteiger charge is -2.07. The number of carboxylic acid groups (broad SMARTS) is 1. The van der Waals surface area contributed by atoms with Crippen LogP contribution in [-0.4, -0.2) is 22.3 Å². The Labute approximate surface area is 66.4 Å². The molecule has 0 aliphatic rings. The highest BCUT2D eigenvalue weighted by atomic mass is 16.4. The molecule has 0 aliphatic carbocycles. The van der Waals surface area contributed by atoms with Gasteiger partial charge in [0.25, 0.3) is 0 Å². The van der Waals surface area contributed by atoms with E-state index in [1.807, 2.05) is 6.92 Å². The first-order chi connectivity index (χ1) is 5.04. The summed E-state index contributed by atoms with van der Waals surface area (Å²) in [6, 6.07) is 0. The van der Waals surface area contributed by atoms with Gasteiger partial charge in [-0.3, -0.25) is 4.79 Å². The van der Waals surface area contributed by atoms with Crippen molar-refractivity contribution in [1.29, 1.82) is 0 Å². The van der Waals surface area contributed by atoms with Gasteiger partial charge in [-0.25, -0.2) is 0 Å². The van der Waals surface area contributed by atoms with Gasteiger partial charge in [-0.1, -0.05) is 19.1 Å². The molecule has 64 valence electrons. The van der Waals surface area contributed by atoms with Crippen LogP contribution in [0.3, 0.4) is 0 Å². The minimum Gasteiger partial charge on any atom is -0.481 e. The van der Waals surface area contributed by atoms with Crippen LogP contribution in [0.1, 0.15) is 20.3 Å². The average molecular weight is 158 g/mol. The van der Waals surface area contributed by atoms with Crippen LogP contribution in [0.15, 0.2) is 12.2 Å². The summed E-state index contributed by atoms with van der Waals surface area (Å²) >= 11 is 0. The number of rotatable bonds is 4. The van der Waals surface area contributed by atoms with E-state index in [1.54, 1.807) is 19.1 Å². The summed E-state index contributed by atoms with van der Waals surface area (Å²) in [6.45, 7) is 3.51. The quantitative estimate of drug-likeness (QED) is 0.601. The summed E-state index contributed by atoms with van der Waals surface area (Å²) in [7, 11) is 0. The summed E-state index contributed by atoms with van der Waals surface area (Å²) in [6.07, 6.45) is 2.87. The second kappa shape index (κ2) is 4.91. The zero-order valence-corrected chi connectivity index (χ0v) is 6.82. The van der Waals surface area contributed by atoms with Gasteiger partial charge < -0.3 is 10.2 Å². The number of carbonyl (C=O) groups is 1. The molecule has 11 heavy (non-hydrogen) atoms. The predicted octanol–water partition coefficient (Wildman–Crippen LogP) is 1.03. The van der Waals surface area contributed by atoms with Crippen molar-refractivity contribution < 1.29 is 15.0 Å². The van der Waals surface area contributed by atoms with E-state index in [2.05, 4.69) is 0 Å². The second-order valence-corrected chi connectivity index (χ2v) is 2.63. The molecular formula is C8H14O3. The van der Waals surface area contributed by atoms with Gasteiger partial charge in [0, 0.05) is 0 Å². The highest BCUT2D eigenvalue weighted by molar-refractivity contribution is 5.68. The SMILES string of the molecule is CC(O)C(C)/C=C/CC(=O)O. The molecule has 0 saturated heterocycles. The molecule has 0 rings (SSSR count). The fourth-order valence-electron chi connectivity index (χ4n) is 0.544. The third-order valence-corrected chi connectivity index (χ3v) is 1.49. The topological polar surface area (TPSA) is 57.5 Å². The maximum Gasteiger partial charge on any atom is 0.307 e. The van der Waals surface area contributed by atoms with Gasteiger partial charge in [0.2, 0.25) is 0 Å². The van der Waals surface area contributed by atoms with Crippen molar-refractivity contribution in [3.63, 3.8) is 0 Å². The van der Waals surface area contributed by atoms with Crippen LogP contribution in [-0.2, 0) is 4.79 Å². The maximum atomic E-state index is 10.0. The third-order valence-electron chi connectivity index (χ3n) is 1.49. The van der Waals surface area contributed by atoms with E-state index in [1.165, 1.54) is 0 Å². The Morgan fingerprint density at radius 3 is 2.45 bits per heavy atom. The number of aliphatic carboxylic acids is 1. The summed E-state index contributed by atoms with van der Waals surface area (Å²) in [5, 5.41) is 17.2. The normalized spacial score (nSPS) is 16.6. The first-order valence-electron chi connectivity index (χ1n) is 3.60. The Morgan fingerprint density at radius 1 is 1.55 bits per heavy atom. The van der Waals surface area contributed by atoms with Crippen molar-refractivity contribution in [3.8, 4) is 0 Å². The van der Waals surface area contributed by atoms with E-state index in [4.69, 9.17) is 10.2 Å². The molecule has 0 aromatic carbocycles. The highest BCUT2D eigenvalue weighted by Crippen LogP contribution is 2.03. The average Bonchev–Trinajstić information content (AvgIpc) is 1.86. The van der Waals surface area contributed by atoms with Crippen molar-refractivity contribution in [2.75, 3.05) is 0 Å². The van der Waals surface area contributed by atoms with E-state index in [0.29, 0.717) is 0 Å². The molecule has 0 saturated carbocycles. The maximum absolute atomic E-state index is 10.0. The molecule has 2 N–H and O–H groups in total. The molecule has 0 aromatic heterocycles. The minimum atomic E-state index is -0.848. The van der Waals surface area contributed by atoms with Gasteiger partial charge in [0.1, 0.15) is 0 Å². The van der Waals surface area contributed by atoms with Gasteiger partial charge >= 0.3 is 5.97 Å². The zero-order valence-electron chi connectivity index (χ0n) is 6.82. The smallest absolute Gasteiger partial charge is 0.307 e. The van der Waals surface area contributed by atoms with Crippen molar-refractivity contribution >= 4 is 5.97 Å². The predicted molar refractivity (Wildman–Crippen MR) is 42.2 cm³/mol. The first-order valence-corrected chi connectivity index (χ1v) is 3.60. The summed E-state index contributed by atoms with van der Waals surface area (Å²) in [4.78, 5) is 10.0. The number of aliphatic hydroxyl groups excluding tert-OH is 1. The van der Waals surface area contributed by atoms with Crippen LogP contribution in [0, 0.1) is 5.92 Å². The van der Waals surface area contributed by atoms with E-state index >= 15 is 0 Å². The minimum absolute atomic E-state index is 0.0225. The Kier molecular flexibility index (Phi) is 4.54. The van der Waals surface area contributed by atoms with E-state index in [-0.39, 0.29) is 12.3 Å². The fourth-order valence-corrected chi connectivity index (χ4v) is 0.544. The van der Waals surface area contributed by atoms with Crippen LogP contribution in [0.4, 0.5) is 0 Å². The lowest BCUT2D eigenvalue weighted by molar-refractivity contribution is -0.136. The Balaban J connectivity index is 3.65. The van der Waals surface area contributed by atoms with Crippen LogP contribution >= 0.6 is 0 Å². The second-order valence-electron chi connectivity index (χ2n) is 2.63. The fraction of sp³-hybridized carbons (Fsp3) is 0.625. The Morgan fingerprint density at radius 2 is 2.09 bits per heavy atom. The summed E-state index contributed by atoms with van der Waals surface area (Å²) in [5.74, 6) is -0.826. The lowest BCUT2D eigenvalue weighted by atomic mass is 10.1. The Hall–Kier alpha value is -0.830. The van der Waals surface area contributed by atoms with Crippen LogP contribution in [0.25, 0.3) is 0 Å². The molecule has 2 unspecified atom stereocenters. The molecule has 3 heteroatoms. The molecule has 0 radical (unpaired) electrons. The Bertz CT molecular complexity index is 149. The van der Waals surface area contributed by atoms with Gasteiger partial charge in [-0.2, -0.15) is 0 Å². The van der Waals surface area contributed by atoms with Crippen LogP contribution in [0.2, 0.25) is 0 Å². The highest BCUT2D eigenvalue weighted by Gasteiger charge is 2.03. The number of aliphatic hydroxyl groups is 1. The van der Waals surface area contributed by atoms with Crippen molar-refractivity contribution in [3.05, 3.63) is 12.2 Å². The summed E-state index contributed by atoms with van der Waals surface area (Å²) in [5.41, 5.74) is 0. The largest absolute Gasteiger partial charge is 0.481 e. The van der Waals surface area contributed by atoms with Crippen LogP contribution < -0.4 is 0 Å². The molecule has 0 bridgehead atoms. The molecule has 0 aromatic rings. The van der Waals surface area contributed by atoms with Gasteiger partial charge in [-0.05, 0) is 12.8 Å². The standard InChI is InChI=1S/C8H14O3/c1-6(7(2)9)4-3-5-8(10)11/h3-4,6-7,9H,5H2,1-2H3,(H,10,11)/b4-3+. The third kappa shape index (κ3) is 5.61. The zero-order chi connectivity index (χ0) is 8.85. The first kappa shape index (κ1) is 10.2. The van der Waals surface area contributed by atoms with Crippen LogP contribution in [0.5, 0.6) is 0 Å². The number of hydrogen-bond donors (Lipinski definition) is 2. The van der Waals surface area contributed by atoms with E-state index in [9.17, 15) is 4.79 Å². The molecule has 0 aliphatic heterocycles. The number of hydrogen-bond acceptors (Lipinski definition) is 2. The molecule has 3 nitrogen and oxygen atoms in total. The number of carboxylic acids is 1. The van der Waals surface area contributed by atoms with E-state index < -0.39 is 12.1 Å². The van der Waals surface area contributed by atoms with Crippen molar-refractivity contribution in [2.45, 2.75) is 26.4 Å². The van der Waals surface area contributed by atoms with E-state index in [0.717, 1.165) is 0 Å². The monoisotopic (exact) mass is 158 g/mol. The molecular weight excluding hydrogens is 144 g/mol. The summed E-state index contributed by atoms with van der Waals surface area (Å²) < 4.78 is 0. The van der Waals surface area contributed by atoms with Gasteiger partial charge in [0.15, 0.2) is 0 Å². The van der Waals surface area contributed by atoms with Gasteiger partial charge in [0.05, 0.1) is 12.5 Å². The molecule has 2 atom stereocenters. The molecule has 0 heterocycles. The lowest BCUT2D eigenvalue weighted by Crippen LogP contribution is -2.09. The van der Waals surface area contributed by atoms with Crippen molar-refractivity contribution in [1.82, 2.24) is 0 Å². The van der Waals surface area contributed by atoms with Gasteiger partial charge in [-0.15, -0.1) is 0 Å². The molecule has 0 spiro atoms. The molecule has 0 amide bonds. The molecule has 0 fully saturated rings. The van der Waals surface area contributed by atoms with Crippen molar-refractivity contribution in [2.24, 2.45) is 5.92 Å².